The van der Waals surface area contributed by atoms with E-state index in [-0.39, 0.29) is 12.1 Å². The van der Waals surface area contributed by atoms with Crippen LogP contribution in [0.3, 0.4) is 0 Å². The minimum Gasteiger partial charge on any atom is -0.394 e. The van der Waals surface area contributed by atoms with Gasteiger partial charge in [0.05, 0.1) is 6.61 Å². The summed E-state index contributed by atoms with van der Waals surface area (Å²) in [6.07, 6.45) is 3.43. The molecule has 0 bridgehead atoms. The molecule has 1 heterocycles. The van der Waals surface area contributed by atoms with Crippen molar-refractivity contribution in [3.8, 4) is 0 Å². The first-order chi connectivity index (χ1) is 9.04. The van der Waals surface area contributed by atoms with E-state index in [0.29, 0.717) is 6.04 Å². The summed E-state index contributed by atoms with van der Waals surface area (Å²) in [4.78, 5) is 5.06. The van der Waals surface area contributed by atoms with Gasteiger partial charge < -0.3 is 20.2 Å². The number of piperazine rings is 1. The topological polar surface area (TPSA) is 38.7 Å². The number of likely N-dealkylation sites (N-methyl/N-ethyl adjacent to an activating group) is 2. The second-order valence-corrected chi connectivity index (χ2v) is 6.20. The highest BCUT2D eigenvalue weighted by molar-refractivity contribution is 4.83. The predicted molar refractivity (Wildman–Crippen MR) is 81.6 cm³/mol. The van der Waals surface area contributed by atoms with E-state index in [2.05, 4.69) is 42.9 Å². The molecule has 1 rings (SSSR count). The molecule has 2 unspecified atom stereocenters. The predicted octanol–water partition coefficient (Wildman–Crippen LogP) is 1.15. The van der Waals surface area contributed by atoms with E-state index in [4.69, 9.17) is 0 Å². The highest BCUT2D eigenvalue weighted by atomic mass is 16.3. The van der Waals surface area contributed by atoms with Gasteiger partial charge in [0.2, 0.25) is 0 Å². The summed E-state index contributed by atoms with van der Waals surface area (Å²) in [6, 6.07) is 0.715. The van der Waals surface area contributed by atoms with Gasteiger partial charge in [-0.25, -0.2) is 0 Å². The van der Waals surface area contributed by atoms with E-state index in [1.165, 1.54) is 26.1 Å². The highest BCUT2D eigenvalue weighted by Gasteiger charge is 2.24. The molecule has 0 saturated carbocycles. The molecule has 114 valence electrons. The van der Waals surface area contributed by atoms with Gasteiger partial charge in [0, 0.05) is 31.2 Å². The first kappa shape index (κ1) is 16.9. The van der Waals surface area contributed by atoms with E-state index < -0.39 is 0 Å². The van der Waals surface area contributed by atoms with Crippen molar-refractivity contribution >= 4 is 0 Å². The quantitative estimate of drug-likeness (QED) is 0.695. The van der Waals surface area contributed by atoms with Crippen molar-refractivity contribution in [2.24, 2.45) is 0 Å². The van der Waals surface area contributed by atoms with Gasteiger partial charge in [-0.3, -0.25) is 0 Å². The molecule has 1 fully saturated rings. The summed E-state index contributed by atoms with van der Waals surface area (Å²) >= 11 is 0. The lowest BCUT2D eigenvalue weighted by molar-refractivity contribution is 0.0874. The van der Waals surface area contributed by atoms with Crippen LogP contribution in [-0.2, 0) is 0 Å². The Morgan fingerprint density at radius 2 is 2.05 bits per heavy atom. The molecule has 0 aliphatic carbocycles. The molecular weight excluding hydrogens is 238 g/mol. The fourth-order valence-electron chi connectivity index (χ4n) is 3.00. The van der Waals surface area contributed by atoms with Crippen molar-refractivity contribution in [1.82, 2.24) is 15.1 Å². The number of aliphatic hydroxyl groups excluding tert-OH is 1. The Labute approximate surface area is 119 Å². The van der Waals surface area contributed by atoms with Gasteiger partial charge in [-0.15, -0.1) is 0 Å². The maximum absolute atomic E-state index is 9.49. The fourth-order valence-corrected chi connectivity index (χ4v) is 3.00. The molecule has 2 N–H and O–H groups in total. The average Bonchev–Trinajstić information content (AvgIpc) is 2.41. The van der Waals surface area contributed by atoms with Crippen LogP contribution in [0, 0.1) is 0 Å². The Morgan fingerprint density at radius 1 is 1.32 bits per heavy atom. The van der Waals surface area contributed by atoms with Crippen molar-refractivity contribution in [1.29, 1.82) is 0 Å². The van der Waals surface area contributed by atoms with Gasteiger partial charge in [-0.1, -0.05) is 13.8 Å². The number of hydrogen-bond acceptors (Lipinski definition) is 4. The summed E-state index contributed by atoms with van der Waals surface area (Å²) < 4.78 is 0. The molecular formula is C15H33N3O. The molecule has 0 aromatic heterocycles. The molecule has 1 aliphatic heterocycles. The van der Waals surface area contributed by atoms with Crippen LogP contribution in [0.4, 0.5) is 0 Å². The van der Waals surface area contributed by atoms with Crippen molar-refractivity contribution in [3.05, 3.63) is 0 Å². The standard InChI is InChI=1S/C15H33N3O/c1-5-14-12-18(11-10-17(14)4)9-7-8-15(3,13-19)16-6-2/h14,16,19H,5-13H2,1-4H3. The zero-order valence-corrected chi connectivity index (χ0v) is 13.3. The van der Waals surface area contributed by atoms with Gasteiger partial charge >= 0.3 is 0 Å². The number of aliphatic hydroxyl groups is 1. The zero-order valence-electron chi connectivity index (χ0n) is 13.3. The van der Waals surface area contributed by atoms with E-state index in [9.17, 15) is 5.11 Å². The van der Waals surface area contributed by atoms with Gasteiger partial charge in [0.25, 0.3) is 0 Å². The third-order valence-electron chi connectivity index (χ3n) is 4.49. The lowest BCUT2D eigenvalue weighted by Crippen LogP contribution is -2.51. The van der Waals surface area contributed by atoms with Crippen molar-refractivity contribution in [2.45, 2.75) is 51.6 Å². The number of rotatable bonds is 8. The largest absolute Gasteiger partial charge is 0.394 e. The van der Waals surface area contributed by atoms with Crippen LogP contribution in [0.1, 0.15) is 40.0 Å². The third kappa shape index (κ3) is 5.38. The second-order valence-electron chi connectivity index (χ2n) is 6.20. The molecule has 1 aliphatic rings. The molecule has 19 heavy (non-hydrogen) atoms. The average molecular weight is 271 g/mol. The SMILES string of the molecule is CCNC(C)(CO)CCCN1CCN(C)C(CC)C1. The summed E-state index contributed by atoms with van der Waals surface area (Å²) in [5.74, 6) is 0. The van der Waals surface area contributed by atoms with Crippen LogP contribution >= 0.6 is 0 Å². The maximum atomic E-state index is 9.49. The van der Waals surface area contributed by atoms with E-state index in [1.807, 2.05) is 0 Å². The lowest BCUT2D eigenvalue weighted by Gasteiger charge is -2.39. The van der Waals surface area contributed by atoms with Gasteiger partial charge in [-0.2, -0.15) is 0 Å². The van der Waals surface area contributed by atoms with Crippen molar-refractivity contribution < 1.29 is 5.11 Å². The van der Waals surface area contributed by atoms with Crippen LogP contribution in [0.2, 0.25) is 0 Å². The molecule has 0 aromatic rings. The van der Waals surface area contributed by atoms with Crippen LogP contribution < -0.4 is 5.32 Å². The molecule has 0 amide bonds. The van der Waals surface area contributed by atoms with Crippen molar-refractivity contribution in [2.75, 3.05) is 46.4 Å². The molecule has 4 heteroatoms. The third-order valence-corrected chi connectivity index (χ3v) is 4.49. The zero-order chi connectivity index (χ0) is 14.3. The van der Waals surface area contributed by atoms with Gasteiger partial charge in [0.15, 0.2) is 0 Å². The van der Waals surface area contributed by atoms with Crippen LogP contribution in [0.5, 0.6) is 0 Å². The van der Waals surface area contributed by atoms with E-state index in [1.54, 1.807) is 0 Å². The van der Waals surface area contributed by atoms with Crippen LogP contribution in [0.15, 0.2) is 0 Å². The number of hydrogen-bond donors (Lipinski definition) is 2. The molecule has 0 radical (unpaired) electrons. The summed E-state index contributed by atoms with van der Waals surface area (Å²) in [7, 11) is 2.24. The molecule has 0 spiro atoms. The number of nitrogens with zero attached hydrogens (tertiary/aromatic N) is 2. The number of nitrogens with one attached hydrogen (secondary N) is 1. The Bertz CT molecular complexity index is 250. The smallest absolute Gasteiger partial charge is 0.0610 e. The Balaban J connectivity index is 2.29. The Kier molecular flexibility index (Phi) is 7.29. The molecule has 0 aromatic carbocycles. The normalized spacial score (nSPS) is 25.4. The monoisotopic (exact) mass is 271 g/mol. The first-order valence-electron chi connectivity index (χ1n) is 7.83. The summed E-state index contributed by atoms with van der Waals surface area (Å²) in [6.45, 7) is 12.4. The summed E-state index contributed by atoms with van der Waals surface area (Å²) in [5, 5.41) is 12.9. The summed E-state index contributed by atoms with van der Waals surface area (Å²) in [5.41, 5.74) is -0.106. The molecule has 2 atom stereocenters. The second kappa shape index (κ2) is 8.20. The minimum atomic E-state index is -0.106. The minimum absolute atomic E-state index is 0.106. The Morgan fingerprint density at radius 3 is 2.63 bits per heavy atom. The lowest BCUT2D eigenvalue weighted by atomic mass is 9.96. The van der Waals surface area contributed by atoms with E-state index >= 15 is 0 Å². The van der Waals surface area contributed by atoms with Gasteiger partial charge in [-0.05, 0) is 46.3 Å². The first-order valence-corrected chi connectivity index (χ1v) is 7.83. The van der Waals surface area contributed by atoms with Gasteiger partial charge in [0.1, 0.15) is 0 Å². The van der Waals surface area contributed by atoms with Crippen LogP contribution in [-0.4, -0.2) is 72.9 Å². The molecule has 4 nitrogen and oxygen atoms in total. The van der Waals surface area contributed by atoms with E-state index in [0.717, 1.165) is 25.9 Å². The highest BCUT2D eigenvalue weighted by Crippen LogP contribution is 2.15. The fraction of sp³-hybridized carbons (Fsp3) is 1.00. The van der Waals surface area contributed by atoms with Crippen molar-refractivity contribution in [3.63, 3.8) is 0 Å². The molecule has 1 saturated heterocycles. The maximum Gasteiger partial charge on any atom is 0.0610 e. The van der Waals surface area contributed by atoms with Crippen LogP contribution in [0.25, 0.3) is 0 Å². The Hall–Kier alpha value is -0.160.